The lowest BCUT2D eigenvalue weighted by atomic mass is 10.0. The monoisotopic (exact) mass is 409 g/mol. The van der Waals surface area contributed by atoms with E-state index >= 15 is 0 Å². The second-order valence-corrected chi connectivity index (χ2v) is 6.82. The maximum atomic E-state index is 13.8. The van der Waals surface area contributed by atoms with Gasteiger partial charge in [-0.25, -0.2) is 13.6 Å². The van der Waals surface area contributed by atoms with Crippen LogP contribution in [0.3, 0.4) is 0 Å². The number of benzene rings is 3. The number of halogens is 2. The van der Waals surface area contributed by atoms with Gasteiger partial charge >= 0.3 is 5.97 Å². The molecule has 30 heavy (non-hydrogen) atoms. The molecule has 154 valence electrons. The van der Waals surface area contributed by atoms with Crippen molar-refractivity contribution < 1.29 is 23.1 Å². The summed E-state index contributed by atoms with van der Waals surface area (Å²) >= 11 is 0. The Morgan fingerprint density at radius 2 is 1.60 bits per heavy atom. The van der Waals surface area contributed by atoms with E-state index in [9.17, 15) is 18.4 Å². The Balaban J connectivity index is 1.68. The van der Waals surface area contributed by atoms with Crippen molar-refractivity contribution in [3.05, 3.63) is 95.6 Å². The largest absolute Gasteiger partial charge is 0.467 e. The molecule has 3 aromatic carbocycles. The molecule has 3 aromatic rings. The van der Waals surface area contributed by atoms with E-state index in [-0.39, 0.29) is 18.4 Å². The van der Waals surface area contributed by atoms with Gasteiger partial charge in [0.1, 0.15) is 17.7 Å². The molecule has 1 atom stereocenters. The Bertz CT molecular complexity index is 1020. The Labute approximate surface area is 173 Å². The number of carbonyl (C=O) groups is 2. The molecule has 0 unspecified atom stereocenters. The fraction of sp³-hybridized carbons (Fsp3) is 0.167. The Morgan fingerprint density at radius 1 is 0.933 bits per heavy atom. The minimum absolute atomic E-state index is 0.0460. The molecule has 1 amide bonds. The molecule has 0 aliphatic carbocycles. The van der Waals surface area contributed by atoms with E-state index < -0.39 is 29.6 Å². The summed E-state index contributed by atoms with van der Waals surface area (Å²) in [5.74, 6) is -2.69. The average molecular weight is 409 g/mol. The van der Waals surface area contributed by atoms with Crippen LogP contribution < -0.4 is 5.32 Å². The maximum Gasteiger partial charge on any atom is 0.328 e. The van der Waals surface area contributed by atoms with Crippen LogP contribution in [0.25, 0.3) is 11.1 Å². The van der Waals surface area contributed by atoms with Crippen molar-refractivity contribution in [3.8, 4) is 11.1 Å². The van der Waals surface area contributed by atoms with E-state index in [1.807, 2.05) is 54.6 Å². The van der Waals surface area contributed by atoms with Crippen molar-refractivity contribution in [1.82, 2.24) is 5.32 Å². The van der Waals surface area contributed by atoms with Gasteiger partial charge in [0.15, 0.2) is 0 Å². The molecule has 0 bridgehead atoms. The highest BCUT2D eigenvalue weighted by Gasteiger charge is 2.22. The lowest BCUT2D eigenvalue weighted by Crippen LogP contribution is -2.43. The first-order chi connectivity index (χ1) is 14.5. The lowest BCUT2D eigenvalue weighted by molar-refractivity contribution is -0.145. The van der Waals surface area contributed by atoms with Crippen molar-refractivity contribution in [2.75, 3.05) is 7.11 Å². The van der Waals surface area contributed by atoms with Crippen molar-refractivity contribution in [2.45, 2.75) is 18.9 Å². The Kier molecular flexibility index (Phi) is 6.91. The topological polar surface area (TPSA) is 55.4 Å². The van der Waals surface area contributed by atoms with Crippen LogP contribution in [0, 0.1) is 11.6 Å². The molecule has 0 fully saturated rings. The first-order valence-corrected chi connectivity index (χ1v) is 9.41. The SMILES string of the molecule is COC(=O)[C@H](Cc1ccc(-c2ccccc2)cc1)NC(=O)Cc1ccc(F)cc1F. The molecule has 1 N–H and O–H groups in total. The summed E-state index contributed by atoms with van der Waals surface area (Å²) in [7, 11) is 1.24. The number of esters is 1. The van der Waals surface area contributed by atoms with Crippen LogP contribution in [0.2, 0.25) is 0 Å². The summed E-state index contributed by atoms with van der Waals surface area (Å²) in [5.41, 5.74) is 2.98. The quantitative estimate of drug-likeness (QED) is 0.599. The predicted molar refractivity (Wildman–Crippen MR) is 110 cm³/mol. The average Bonchev–Trinajstić information content (AvgIpc) is 2.76. The minimum atomic E-state index is -0.923. The Hall–Kier alpha value is -3.54. The molecular formula is C24H21F2NO3. The van der Waals surface area contributed by atoms with Crippen molar-refractivity contribution in [2.24, 2.45) is 0 Å². The molecule has 0 radical (unpaired) electrons. The molecule has 0 heterocycles. The summed E-state index contributed by atoms with van der Waals surface area (Å²) in [4.78, 5) is 24.5. The third-order valence-corrected chi connectivity index (χ3v) is 4.69. The van der Waals surface area contributed by atoms with Crippen molar-refractivity contribution in [3.63, 3.8) is 0 Å². The zero-order valence-corrected chi connectivity index (χ0v) is 16.4. The zero-order valence-electron chi connectivity index (χ0n) is 16.4. The van der Waals surface area contributed by atoms with Gasteiger partial charge in [-0.3, -0.25) is 4.79 Å². The van der Waals surface area contributed by atoms with Crippen LogP contribution in [-0.2, 0) is 27.2 Å². The molecule has 0 aromatic heterocycles. The van der Waals surface area contributed by atoms with Crippen LogP contribution in [-0.4, -0.2) is 25.0 Å². The second-order valence-electron chi connectivity index (χ2n) is 6.82. The van der Waals surface area contributed by atoms with E-state index in [1.165, 1.54) is 13.2 Å². The van der Waals surface area contributed by atoms with Crippen LogP contribution in [0.1, 0.15) is 11.1 Å². The van der Waals surface area contributed by atoms with Gasteiger partial charge in [0.2, 0.25) is 5.91 Å². The number of hydrogen-bond acceptors (Lipinski definition) is 3. The van der Waals surface area contributed by atoms with Gasteiger partial charge in [0, 0.05) is 12.5 Å². The van der Waals surface area contributed by atoms with E-state index in [0.29, 0.717) is 6.07 Å². The molecule has 6 heteroatoms. The number of nitrogens with one attached hydrogen (secondary N) is 1. The van der Waals surface area contributed by atoms with Crippen LogP contribution in [0.4, 0.5) is 8.78 Å². The number of ether oxygens (including phenoxy) is 1. The van der Waals surface area contributed by atoms with E-state index in [1.54, 1.807) is 0 Å². The van der Waals surface area contributed by atoms with Crippen molar-refractivity contribution >= 4 is 11.9 Å². The van der Waals surface area contributed by atoms with Crippen LogP contribution in [0.15, 0.2) is 72.8 Å². The van der Waals surface area contributed by atoms with Gasteiger partial charge in [-0.1, -0.05) is 60.7 Å². The fourth-order valence-corrected chi connectivity index (χ4v) is 3.12. The van der Waals surface area contributed by atoms with Gasteiger partial charge in [0.25, 0.3) is 0 Å². The van der Waals surface area contributed by atoms with Crippen LogP contribution in [0.5, 0.6) is 0 Å². The first kappa shape index (κ1) is 21.2. The highest BCUT2D eigenvalue weighted by molar-refractivity contribution is 5.85. The molecule has 0 saturated heterocycles. The lowest BCUT2D eigenvalue weighted by Gasteiger charge is -2.17. The molecular weight excluding hydrogens is 388 g/mol. The molecule has 0 aliphatic heterocycles. The standard InChI is InChI=1S/C24H21F2NO3/c1-30-24(29)22(27-23(28)14-19-11-12-20(25)15-21(19)26)13-16-7-9-18(10-8-16)17-5-3-2-4-6-17/h2-12,15,22H,13-14H2,1H3,(H,27,28)/t22-/m0/s1. The van der Waals surface area contributed by atoms with Gasteiger partial charge in [0.05, 0.1) is 13.5 Å². The van der Waals surface area contributed by atoms with E-state index in [0.717, 1.165) is 22.8 Å². The van der Waals surface area contributed by atoms with E-state index in [4.69, 9.17) is 4.74 Å². The fourth-order valence-electron chi connectivity index (χ4n) is 3.12. The van der Waals surface area contributed by atoms with Gasteiger partial charge in [-0.05, 0) is 28.3 Å². The third kappa shape index (κ3) is 5.50. The molecule has 0 saturated carbocycles. The Morgan fingerprint density at radius 3 is 2.23 bits per heavy atom. The van der Waals surface area contributed by atoms with E-state index in [2.05, 4.69) is 5.32 Å². The smallest absolute Gasteiger partial charge is 0.328 e. The maximum absolute atomic E-state index is 13.8. The molecule has 3 rings (SSSR count). The number of carbonyl (C=O) groups excluding carboxylic acids is 2. The van der Waals surface area contributed by atoms with Gasteiger partial charge in [-0.15, -0.1) is 0 Å². The number of methoxy groups -OCH3 is 1. The highest BCUT2D eigenvalue weighted by atomic mass is 19.1. The second kappa shape index (κ2) is 9.78. The minimum Gasteiger partial charge on any atom is -0.467 e. The molecule has 0 spiro atoms. The van der Waals surface area contributed by atoms with Crippen molar-refractivity contribution in [1.29, 1.82) is 0 Å². The summed E-state index contributed by atoms with van der Waals surface area (Å²) in [5, 5.41) is 2.58. The van der Waals surface area contributed by atoms with Crippen LogP contribution >= 0.6 is 0 Å². The number of hydrogen-bond donors (Lipinski definition) is 1. The molecule has 4 nitrogen and oxygen atoms in total. The molecule has 0 aliphatic rings. The number of amides is 1. The summed E-state index contributed by atoms with van der Waals surface area (Å²) < 4.78 is 31.6. The predicted octanol–water partition coefficient (Wildman–Crippen LogP) is 4.07. The third-order valence-electron chi connectivity index (χ3n) is 4.69. The van der Waals surface area contributed by atoms with Gasteiger partial charge < -0.3 is 10.1 Å². The normalized spacial score (nSPS) is 11.6. The highest BCUT2D eigenvalue weighted by Crippen LogP contribution is 2.20. The van der Waals surface area contributed by atoms with Gasteiger partial charge in [-0.2, -0.15) is 0 Å². The summed E-state index contributed by atoms with van der Waals surface area (Å²) in [6.07, 6.45) is -0.0913. The number of rotatable bonds is 7. The summed E-state index contributed by atoms with van der Waals surface area (Å²) in [6, 6.07) is 19.6. The summed E-state index contributed by atoms with van der Waals surface area (Å²) in [6.45, 7) is 0. The zero-order chi connectivity index (χ0) is 21.5. The first-order valence-electron chi connectivity index (χ1n) is 9.41.